The summed E-state index contributed by atoms with van der Waals surface area (Å²) in [6.45, 7) is 2.05. The number of nitrogens with two attached hydrogens (primary N) is 1. The van der Waals surface area contributed by atoms with Crippen LogP contribution in [0.3, 0.4) is 0 Å². The molecule has 0 fully saturated rings. The van der Waals surface area contributed by atoms with Gasteiger partial charge in [0.2, 0.25) is 0 Å². The fourth-order valence-corrected chi connectivity index (χ4v) is 2.63. The van der Waals surface area contributed by atoms with Gasteiger partial charge in [0.25, 0.3) is 0 Å². The van der Waals surface area contributed by atoms with Crippen molar-refractivity contribution in [3.8, 4) is 11.3 Å². The van der Waals surface area contributed by atoms with Gasteiger partial charge >= 0.3 is 0 Å². The molecule has 0 radical (unpaired) electrons. The molecule has 4 heteroatoms. The number of aromatic amines is 1. The summed E-state index contributed by atoms with van der Waals surface area (Å²) in [4.78, 5) is 11.8. The van der Waals surface area contributed by atoms with Crippen LogP contribution in [0.15, 0.2) is 24.5 Å². The number of aryl methyl sites for hydroxylation is 1. The number of imidazole rings is 1. The summed E-state index contributed by atoms with van der Waals surface area (Å²) in [5.74, 6) is 0.479. The van der Waals surface area contributed by atoms with E-state index < -0.39 is 0 Å². The van der Waals surface area contributed by atoms with Crippen molar-refractivity contribution in [3.05, 3.63) is 35.8 Å². The number of rotatable bonds is 2. The second-order valence-corrected chi connectivity index (χ2v) is 5.01. The lowest BCUT2D eigenvalue weighted by Gasteiger charge is -2.12. The summed E-state index contributed by atoms with van der Waals surface area (Å²) in [6, 6.07) is 2.01. The van der Waals surface area contributed by atoms with Crippen molar-refractivity contribution in [1.82, 2.24) is 15.0 Å². The molecule has 0 spiro atoms. The summed E-state index contributed by atoms with van der Waals surface area (Å²) in [5.41, 5.74) is 11.5. The number of nitrogen functional groups attached to an aromatic ring is 1. The highest BCUT2D eigenvalue weighted by Gasteiger charge is 2.17. The first-order chi connectivity index (χ1) is 9.25. The van der Waals surface area contributed by atoms with E-state index in [1.807, 2.05) is 12.3 Å². The first-order valence-electron chi connectivity index (χ1n) is 6.71. The summed E-state index contributed by atoms with van der Waals surface area (Å²) < 4.78 is 0. The van der Waals surface area contributed by atoms with Crippen molar-refractivity contribution in [2.24, 2.45) is 0 Å². The highest BCUT2D eigenvalue weighted by Crippen LogP contribution is 2.34. The zero-order chi connectivity index (χ0) is 13.2. The van der Waals surface area contributed by atoms with Crippen molar-refractivity contribution in [1.29, 1.82) is 0 Å². The van der Waals surface area contributed by atoms with E-state index in [1.165, 1.54) is 18.4 Å². The van der Waals surface area contributed by atoms with Crippen molar-refractivity contribution < 1.29 is 0 Å². The van der Waals surface area contributed by atoms with Crippen LogP contribution >= 0.6 is 0 Å². The molecule has 0 atom stereocenters. The van der Waals surface area contributed by atoms with Crippen LogP contribution in [0.1, 0.15) is 36.9 Å². The van der Waals surface area contributed by atoms with Crippen molar-refractivity contribution >= 4 is 11.5 Å². The van der Waals surface area contributed by atoms with E-state index in [1.54, 1.807) is 6.20 Å². The lowest BCUT2D eigenvalue weighted by atomic mass is 9.94. The number of H-pyrrole nitrogens is 1. The Balaban J connectivity index is 2.12. The van der Waals surface area contributed by atoms with Gasteiger partial charge in [-0.1, -0.05) is 6.08 Å². The zero-order valence-corrected chi connectivity index (χ0v) is 11.1. The Hall–Kier alpha value is -2.10. The fourth-order valence-electron chi connectivity index (χ4n) is 2.63. The molecule has 0 saturated carbocycles. The molecular weight excluding hydrogens is 236 g/mol. The maximum absolute atomic E-state index is 5.86. The largest absolute Gasteiger partial charge is 0.369 e. The van der Waals surface area contributed by atoms with Crippen LogP contribution in [0.25, 0.3) is 16.8 Å². The fraction of sp³-hybridized carbons (Fsp3) is 0.333. The number of nitrogens with one attached hydrogen (secondary N) is 1. The van der Waals surface area contributed by atoms with Crippen LogP contribution in [0.2, 0.25) is 0 Å². The van der Waals surface area contributed by atoms with Crippen molar-refractivity contribution in [3.63, 3.8) is 0 Å². The lowest BCUT2D eigenvalue weighted by Crippen LogP contribution is -1.95. The standard InChI is InChI=1S/C15H18N4/c1-10-9-17-8-7-12(10)14-13(18-15(16)19-14)11-5-3-2-4-6-11/h5,7-9H,2-4,6H2,1H3,(H3,16,18,19). The van der Waals surface area contributed by atoms with Crippen LogP contribution < -0.4 is 5.73 Å². The summed E-state index contributed by atoms with van der Waals surface area (Å²) in [6.07, 6.45) is 10.7. The third-order valence-corrected chi connectivity index (χ3v) is 3.61. The molecule has 3 rings (SSSR count). The molecule has 0 amide bonds. The van der Waals surface area contributed by atoms with E-state index >= 15 is 0 Å². The van der Waals surface area contributed by atoms with E-state index in [0.717, 1.165) is 35.4 Å². The second kappa shape index (κ2) is 4.88. The number of pyridine rings is 1. The smallest absolute Gasteiger partial charge is 0.198 e. The molecule has 3 N–H and O–H groups in total. The monoisotopic (exact) mass is 254 g/mol. The van der Waals surface area contributed by atoms with Crippen LogP contribution in [0, 0.1) is 6.92 Å². The third-order valence-electron chi connectivity index (χ3n) is 3.61. The van der Waals surface area contributed by atoms with Gasteiger partial charge in [0.15, 0.2) is 5.95 Å². The molecular formula is C15H18N4. The summed E-state index contributed by atoms with van der Waals surface area (Å²) in [7, 11) is 0. The SMILES string of the molecule is Cc1cnccc1-c1[nH]c(N)nc1C1=CCCCC1. The average Bonchev–Trinajstić information content (AvgIpc) is 2.82. The number of allylic oxidation sites excluding steroid dienone is 2. The number of aromatic nitrogens is 3. The number of nitrogens with zero attached hydrogens (tertiary/aromatic N) is 2. The Bertz CT molecular complexity index is 625. The van der Waals surface area contributed by atoms with Gasteiger partial charge in [-0.3, -0.25) is 4.98 Å². The Kier molecular flexibility index (Phi) is 3.07. The van der Waals surface area contributed by atoms with E-state index in [0.29, 0.717) is 5.95 Å². The van der Waals surface area contributed by atoms with Gasteiger partial charge in [0, 0.05) is 18.0 Å². The maximum atomic E-state index is 5.86. The predicted octanol–water partition coefficient (Wildman–Crippen LogP) is 3.32. The third kappa shape index (κ3) is 2.26. The number of hydrogen-bond acceptors (Lipinski definition) is 3. The molecule has 0 bridgehead atoms. The Labute approximate surface area is 112 Å². The Morgan fingerprint density at radius 1 is 1.32 bits per heavy atom. The first-order valence-corrected chi connectivity index (χ1v) is 6.71. The van der Waals surface area contributed by atoms with Gasteiger partial charge in [-0.15, -0.1) is 0 Å². The second-order valence-electron chi connectivity index (χ2n) is 5.01. The maximum Gasteiger partial charge on any atom is 0.198 e. The molecule has 0 aromatic carbocycles. The van der Waals surface area contributed by atoms with E-state index in [2.05, 4.69) is 28.0 Å². The molecule has 0 aliphatic heterocycles. The Morgan fingerprint density at radius 2 is 2.21 bits per heavy atom. The zero-order valence-electron chi connectivity index (χ0n) is 11.1. The molecule has 98 valence electrons. The number of hydrogen-bond donors (Lipinski definition) is 2. The minimum absolute atomic E-state index is 0.479. The average molecular weight is 254 g/mol. The van der Waals surface area contributed by atoms with Crippen LogP contribution in [-0.2, 0) is 0 Å². The van der Waals surface area contributed by atoms with Gasteiger partial charge in [0.05, 0.1) is 11.4 Å². The predicted molar refractivity (Wildman–Crippen MR) is 77.4 cm³/mol. The molecule has 19 heavy (non-hydrogen) atoms. The summed E-state index contributed by atoms with van der Waals surface area (Å²) >= 11 is 0. The molecule has 2 heterocycles. The van der Waals surface area contributed by atoms with E-state index in [4.69, 9.17) is 5.73 Å². The Morgan fingerprint density at radius 3 is 2.95 bits per heavy atom. The summed E-state index contributed by atoms with van der Waals surface area (Å²) in [5, 5.41) is 0. The molecule has 0 unspecified atom stereocenters. The first kappa shape index (κ1) is 12.0. The van der Waals surface area contributed by atoms with Crippen LogP contribution in [0.5, 0.6) is 0 Å². The van der Waals surface area contributed by atoms with Crippen LogP contribution in [0.4, 0.5) is 5.95 Å². The minimum Gasteiger partial charge on any atom is -0.369 e. The van der Waals surface area contributed by atoms with Gasteiger partial charge in [-0.25, -0.2) is 4.98 Å². The topological polar surface area (TPSA) is 67.6 Å². The molecule has 0 saturated heterocycles. The molecule has 1 aliphatic rings. The molecule has 2 aromatic rings. The van der Waals surface area contributed by atoms with Gasteiger partial charge in [-0.05, 0) is 49.8 Å². The number of anilines is 1. The normalized spacial score (nSPS) is 15.3. The van der Waals surface area contributed by atoms with E-state index in [9.17, 15) is 0 Å². The van der Waals surface area contributed by atoms with Gasteiger partial charge in [-0.2, -0.15) is 0 Å². The quantitative estimate of drug-likeness (QED) is 0.863. The van der Waals surface area contributed by atoms with Crippen LogP contribution in [-0.4, -0.2) is 15.0 Å². The van der Waals surface area contributed by atoms with Gasteiger partial charge < -0.3 is 10.7 Å². The molecule has 2 aromatic heterocycles. The van der Waals surface area contributed by atoms with Gasteiger partial charge in [0.1, 0.15) is 0 Å². The van der Waals surface area contributed by atoms with Crippen molar-refractivity contribution in [2.45, 2.75) is 32.6 Å². The van der Waals surface area contributed by atoms with E-state index in [-0.39, 0.29) is 0 Å². The highest BCUT2D eigenvalue weighted by atomic mass is 15.0. The van der Waals surface area contributed by atoms with Crippen molar-refractivity contribution in [2.75, 3.05) is 5.73 Å². The minimum atomic E-state index is 0.479. The molecule has 1 aliphatic carbocycles. The molecule has 4 nitrogen and oxygen atoms in total. The highest BCUT2D eigenvalue weighted by molar-refractivity contribution is 5.79. The lowest BCUT2D eigenvalue weighted by molar-refractivity contribution is 0.740.